The van der Waals surface area contributed by atoms with Gasteiger partial charge in [0.05, 0.1) is 6.61 Å². The molecule has 0 aromatic heterocycles. The monoisotopic (exact) mass is 206 g/mol. The Hall–Kier alpha value is -1.06. The lowest BCUT2D eigenvalue weighted by molar-refractivity contribution is 0.183. The number of aliphatic hydroxyl groups excluding tert-OH is 1. The minimum Gasteiger partial charge on any atom is -0.399 e. The van der Waals surface area contributed by atoms with Gasteiger partial charge in [0.2, 0.25) is 0 Å². The molecule has 0 aliphatic heterocycles. The molecule has 0 spiro atoms. The van der Waals surface area contributed by atoms with Crippen LogP contribution >= 0.6 is 0 Å². The molecule has 1 aromatic carbocycles. The van der Waals surface area contributed by atoms with Gasteiger partial charge in [-0.2, -0.15) is 0 Å². The molecule has 0 saturated heterocycles. The van der Waals surface area contributed by atoms with Crippen LogP contribution in [0.25, 0.3) is 0 Å². The highest BCUT2D eigenvalue weighted by molar-refractivity contribution is 5.47. The molecular weight excluding hydrogens is 188 g/mol. The Morgan fingerprint density at radius 3 is 2.87 bits per heavy atom. The summed E-state index contributed by atoms with van der Waals surface area (Å²) in [5.41, 5.74) is 9.37. The molecule has 0 amide bonds. The summed E-state index contributed by atoms with van der Waals surface area (Å²) in [4.78, 5) is 2.22. The maximum absolute atomic E-state index is 8.90. The van der Waals surface area contributed by atoms with Crippen molar-refractivity contribution >= 4 is 5.69 Å². The van der Waals surface area contributed by atoms with E-state index in [2.05, 4.69) is 24.1 Å². The standard InChI is InChI=1S/C12H18N2O/c1-14(4-5-15)12-7-9-2-3-11(13)6-10(9)8-12/h2-3,6,12,15H,4-5,7-8,13H2,1H3. The molecule has 3 nitrogen and oxygen atoms in total. The number of nitrogens with zero attached hydrogens (tertiary/aromatic N) is 1. The predicted octanol–water partition coefficient (Wildman–Crippen LogP) is 0.660. The normalized spacial score (nSPS) is 19.5. The van der Waals surface area contributed by atoms with Crippen LogP contribution in [0.1, 0.15) is 11.1 Å². The number of nitrogen functional groups attached to an aromatic ring is 1. The van der Waals surface area contributed by atoms with Crippen LogP contribution in [0.3, 0.4) is 0 Å². The molecule has 15 heavy (non-hydrogen) atoms. The van der Waals surface area contributed by atoms with E-state index in [1.165, 1.54) is 11.1 Å². The minimum atomic E-state index is 0.228. The van der Waals surface area contributed by atoms with Crippen molar-refractivity contribution in [2.45, 2.75) is 18.9 Å². The molecule has 1 atom stereocenters. The average molecular weight is 206 g/mol. The lowest BCUT2D eigenvalue weighted by atomic mass is 10.1. The third-order valence-electron chi connectivity index (χ3n) is 3.22. The van der Waals surface area contributed by atoms with Gasteiger partial charge in [0.1, 0.15) is 0 Å². The van der Waals surface area contributed by atoms with Gasteiger partial charge in [0.25, 0.3) is 0 Å². The second-order valence-electron chi connectivity index (χ2n) is 4.29. The summed E-state index contributed by atoms with van der Waals surface area (Å²) in [7, 11) is 2.07. The van der Waals surface area contributed by atoms with E-state index >= 15 is 0 Å². The quantitative estimate of drug-likeness (QED) is 0.714. The van der Waals surface area contributed by atoms with Gasteiger partial charge >= 0.3 is 0 Å². The molecule has 1 unspecified atom stereocenters. The van der Waals surface area contributed by atoms with Crippen LogP contribution in [0.15, 0.2) is 18.2 Å². The van der Waals surface area contributed by atoms with Gasteiger partial charge in [-0.1, -0.05) is 6.07 Å². The molecule has 0 saturated carbocycles. The summed E-state index contributed by atoms with van der Waals surface area (Å²) in [6, 6.07) is 6.68. The third kappa shape index (κ3) is 2.13. The van der Waals surface area contributed by atoms with Crippen molar-refractivity contribution in [2.24, 2.45) is 0 Å². The molecule has 1 aromatic rings. The molecule has 0 bridgehead atoms. The molecule has 82 valence electrons. The molecule has 0 heterocycles. The Labute approximate surface area is 90.5 Å². The summed E-state index contributed by atoms with van der Waals surface area (Å²) in [5.74, 6) is 0. The van der Waals surface area contributed by atoms with E-state index in [0.717, 1.165) is 25.1 Å². The van der Waals surface area contributed by atoms with Gasteiger partial charge in [0.15, 0.2) is 0 Å². The summed E-state index contributed by atoms with van der Waals surface area (Å²) in [6.07, 6.45) is 2.13. The van der Waals surface area contributed by atoms with Gasteiger partial charge in [-0.3, -0.25) is 0 Å². The number of hydrogen-bond donors (Lipinski definition) is 2. The van der Waals surface area contributed by atoms with Crippen molar-refractivity contribution in [3.8, 4) is 0 Å². The highest BCUT2D eigenvalue weighted by Crippen LogP contribution is 2.26. The summed E-state index contributed by atoms with van der Waals surface area (Å²) < 4.78 is 0. The predicted molar refractivity (Wildman–Crippen MR) is 61.8 cm³/mol. The number of likely N-dealkylation sites (N-methyl/N-ethyl adjacent to an activating group) is 1. The SMILES string of the molecule is CN(CCO)C1Cc2ccc(N)cc2C1. The molecule has 1 aliphatic rings. The second kappa shape index (κ2) is 4.21. The average Bonchev–Trinajstić information content (AvgIpc) is 2.60. The maximum Gasteiger partial charge on any atom is 0.0558 e. The minimum absolute atomic E-state index is 0.228. The summed E-state index contributed by atoms with van der Waals surface area (Å²) in [5, 5.41) is 8.90. The van der Waals surface area contributed by atoms with Crippen molar-refractivity contribution in [2.75, 3.05) is 25.9 Å². The van der Waals surface area contributed by atoms with E-state index in [1.54, 1.807) is 0 Å². The van der Waals surface area contributed by atoms with Gasteiger partial charge in [-0.15, -0.1) is 0 Å². The van der Waals surface area contributed by atoms with Crippen molar-refractivity contribution in [1.82, 2.24) is 4.90 Å². The van der Waals surface area contributed by atoms with Gasteiger partial charge < -0.3 is 15.7 Å². The number of rotatable bonds is 3. The zero-order valence-corrected chi connectivity index (χ0v) is 9.11. The first-order valence-electron chi connectivity index (χ1n) is 5.39. The van der Waals surface area contributed by atoms with Crippen LogP contribution in [-0.2, 0) is 12.8 Å². The number of anilines is 1. The van der Waals surface area contributed by atoms with Crippen LogP contribution in [0.4, 0.5) is 5.69 Å². The first kappa shape index (κ1) is 10.5. The number of fused-ring (bicyclic) bond motifs is 1. The van der Waals surface area contributed by atoms with Crippen LogP contribution < -0.4 is 5.73 Å². The first-order valence-corrected chi connectivity index (χ1v) is 5.39. The van der Waals surface area contributed by atoms with E-state index < -0.39 is 0 Å². The lowest BCUT2D eigenvalue weighted by Crippen LogP contribution is -2.34. The second-order valence-corrected chi connectivity index (χ2v) is 4.29. The Morgan fingerprint density at radius 1 is 1.40 bits per heavy atom. The van der Waals surface area contributed by atoms with E-state index in [1.807, 2.05) is 6.07 Å². The van der Waals surface area contributed by atoms with Crippen molar-refractivity contribution in [1.29, 1.82) is 0 Å². The van der Waals surface area contributed by atoms with Gasteiger partial charge in [0, 0.05) is 18.3 Å². The zero-order valence-electron chi connectivity index (χ0n) is 9.11. The Balaban J connectivity index is 2.08. The topological polar surface area (TPSA) is 49.5 Å². The van der Waals surface area contributed by atoms with E-state index in [9.17, 15) is 0 Å². The Kier molecular flexibility index (Phi) is 2.93. The number of nitrogens with two attached hydrogens (primary N) is 1. The van der Waals surface area contributed by atoms with E-state index in [4.69, 9.17) is 10.8 Å². The molecular formula is C12H18N2O. The largest absolute Gasteiger partial charge is 0.399 e. The Bertz CT molecular complexity index is 351. The molecule has 2 rings (SSSR count). The fraction of sp³-hybridized carbons (Fsp3) is 0.500. The molecule has 3 N–H and O–H groups in total. The van der Waals surface area contributed by atoms with E-state index in [0.29, 0.717) is 6.04 Å². The fourth-order valence-corrected chi connectivity index (χ4v) is 2.27. The fourth-order valence-electron chi connectivity index (χ4n) is 2.27. The number of benzene rings is 1. The van der Waals surface area contributed by atoms with Crippen molar-refractivity contribution in [3.05, 3.63) is 29.3 Å². The maximum atomic E-state index is 8.90. The Morgan fingerprint density at radius 2 is 2.13 bits per heavy atom. The molecule has 1 aliphatic carbocycles. The van der Waals surface area contributed by atoms with Crippen LogP contribution in [0, 0.1) is 0 Å². The highest BCUT2D eigenvalue weighted by Gasteiger charge is 2.24. The van der Waals surface area contributed by atoms with Crippen LogP contribution in [0.2, 0.25) is 0 Å². The van der Waals surface area contributed by atoms with Crippen LogP contribution in [0.5, 0.6) is 0 Å². The zero-order chi connectivity index (χ0) is 10.8. The lowest BCUT2D eigenvalue weighted by Gasteiger charge is -2.22. The van der Waals surface area contributed by atoms with Crippen molar-refractivity contribution in [3.63, 3.8) is 0 Å². The number of aliphatic hydroxyl groups is 1. The van der Waals surface area contributed by atoms with Crippen molar-refractivity contribution < 1.29 is 5.11 Å². The number of hydrogen-bond acceptors (Lipinski definition) is 3. The summed E-state index contributed by atoms with van der Waals surface area (Å²) in [6.45, 7) is 0.972. The van der Waals surface area contributed by atoms with E-state index in [-0.39, 0.29) is 6.61 Å². The summed E-state index contributed by atoms with van der Waals surface area (Å²) >= 11 is 0. The van der Waals surface area contributed by atoms with Crippen LogP contribution in [-0.4, -0.2) is 36.2 Å². The smallest absolute Gasteiger partial charge is 0.0558 e. The highest BCUT2D eigenvalue weighted by atomic mass is 16.3. The molecule has 0 radical (unpaired) electrons. The third-order valence-corrected chi connectivity index (χ3v) is 3.22. The van der Waals surface area contributed by atoms with Gasteiger partial charge in [-0.05, 0) is 43.1 Å². The molecule has 3 heteroatoms. The molecule has 0 fully saturated rings. The van der Waals surface area contributed by atoms with Gasteiger partial charge in [-0.25, -0.2) is 0 Å². The first-order chi connectivity index (χ1) is 7.20.